The highest BCUT2D eigenvalue weighted by Gasteiger charge is 1.97. The maximum atomic E-state index is 10.3. The van der Waals surface area contributed by atoms with Crippen molar-refractivity contribution in [1.29, 1.82) is 0 Å². The van der Waals surface area contributed by atoms with E-state index in [1.807, 2.05) is 30.3 Å². The predicted molar refractivity (Wildman–Crippen MR) is 55.2 cm³/mol. The van der Waals surface area contributed by atoms with E-state index in [-0.39, 0.29) is 0 Å². The molecule has 0 bridgehead atoms. The molecule has 0 aliphatic carbocycles. The van der Waals surface area contributed by atoms with Gasteiger partial charge in [-0.1, -0.05) is 30.3 Å². The van der Waals surface area contributed by atoms with Gasteiger partial charge in [-0.2, -0.15) is 0 Å². The summed E-state index contributed by atoms with van der Waals surface area (Å²) in [6, 6.07) is 7.77. The van der Waals surface area contributed by atoms with Gasteiger partial charge in [0, 0.05) is 6.54 Å². The summed E-state index contributed by atoms with van der Waals surface area (Å²) < 4.78 is 0. The predicted octanol–water partition coefficient (Wildman–Crippen LogP) is 2.18. The van der Waals surface area contributed by atoms with Gasteiger partial charge in [0.1, 0.15) is 0 Å². The molecular weight excluding hydrogens is 178 g/mol. The SMILES string of the molecule is C=CCc1cccc(CNC(=O)O)c1. The number of rotatable bonds is 4. The molecule has 1 amide bonds. The molecule has 3 heteroatoms. The third kappa shape index (κ3) is 3.31. The van der Waals surface area contributed by atoms with Gasteiger partial charge in [0.2, 0.25) is 0 Å². The molecule has 1 aromatic carbocycles. The van der Waals surface area contributed by atoms with Crippen molar-refractivity contribution < 1.29 is 9.90 Å². The fraction of sp³-hybridized carbons (Fsp3) is 0.182. The summed E-state index contributed by atoms with van der Waals surface area (Å²) in [4.78, 5) is 10.3. The van der Waals surface area contributed by atoms with Crippen LogP contribution in [0.1, 0.15) is 11.1 Å². The lowest BCUT2D eigenvalue weighted by atomic mass is 10.1. The van der Waals surface area contributed by atoms with Crippen LogP contribution in [0.3, 0.4) is 0 Å². The third-order valence-corrected chi connectivity index (χ3v) is 1.82. The minimum absolute atomic E-state index is 0.348. The number of carbonyl (C=O) groups is 1. The van der Waals surface area contributed by atoms with E-state index < -0.39 is 6.09 Å². The molecule has 0 aromatic heterocycles. The molecule has 3 nitrogen and oxygen atoms in total. The number of amides is 1. The van der Waals surface area contributed by atoms with E-state index in [4.69, 9.17) is 5.11 Å². The fourth-order valence-corrected chi connectivity index (χ4v) is 1.21. The first-order valence-corrected chi connectivity index (χ1v) is 4.38. The summed E-state index contributed by atoms with van der Waals surface area (Å²) >= 11 is 0. The van der Waals surface area contributed by atoms with Crippen molar-refractivity contribution in [2.24, 2.45) is 0 Å². The van der Waals surface area contributed by atoms with Gasteiger partial charge in [-0.25, -0.2) is 4.79 Å². The molecule has 0 spiro atoms. The zero-order valence-corrected chi connectivity index (χ0v) is 7.86. The van der Waals surface area contributed by atoms with Crippen LogP contribution >= 0.6 is 0 Å². The van der Waals surface area contributed by atoms with Gasteiger partial charge in [0.05, 0.1) is 0 Å². The topological polar surface area (TPSA) is 49.3 Å². The van der Waals surface area contributed by atoms with Crippen molar-refractivity contribution in [1.82, 2.24) is 5.32 Å². The highest BCUT2D eigenvalue weighted by atomic mass is 16.4. The highest BCUT2D eigenvalue weighted by Crippen LogP contribution is 2.06. The second kappa shape index (κ2) is 5.07. The molecule has 74 valence electrons. The van der Waals surface area contributed by atoms with Crippen LogP contribution in [-0.4, -0.2) is 11.2 Å². The van der Waals surface area contributed by atoms with Crippen LogP contribution < -0.4 is 5.32 Å². The third-order valence-electron chi connectivity index (χ3n) is 1.82. The molecule has 1 rings (SSSR count). The maximum absolute atomic E-state index is 10.3. The number of carboxylic acid groups (broad SMARTS) is 1. The quantitative estimate of drug-likeness (QED) is 0.716. The summed E-state index contributed by atoms with van der Waals surface area (Å²) in [6.45, 7) is 4.00. The Morgan fingerprint density at radius 1 is 1.50 bits per heavy atom. The summed E-state index contributed by atoms with van der Waals surface area (Å²) in [5, 5.41) is 10.7. The molecule has 0 saturated heterocycles. The van der Waals surface area contributed by atoms with Crippen LogP contribution in [0.25, 0.3) is 0 Å². The summed E-state index contributed by atoms with van der Waals surface area (Å²) in [5.41, 5.74) is 2.11. The zero-order valence-electron chi connectivity index (χ0n) is 7.86. The van der Waals surface area contributed by atoms with Crippen molar-refractivity contribution in [3.8, 4) is 0 Å². The lowest BCUT2D eigenvalue weighted by molar-refractivity contribution is 0.194. The smallest absolute Gasteiger partial charge is 0.404 e. The van der Waals surface area contributed by atoms with Crippen LogP contribution in [0.5, 0.6) is 0 Å². The average molecular weight is 191 g/mol. The van der Waals surface area contributed by atoms with Crippen molar-refractivity contribution >= 4 is 6.09 Å². The van der Waals surface area contributed by atoms with Crippen LogP contribution in [0.4, 0.5) is 4.79 Å². The molecule has 2 N–H and O–H groups in total. The van der Waals surface area contributed by atoms with E-state index >= 15 is 0 Å². The van der Waals surface area contributed by atoms with Gasteiger partial charge in [0.25, 0.3) is 0 Å². The first-order valence-electron chi connectivity index (χ1n) is 4.38. The molecule has 0 unspecified atom stereocenters. The minimum Gasteiger partial charge on any atom is -0.465 e. The minimum atomic E-state index is -1.00. The maximum Gasteiger partial charge on any atom is 0.404 e. The Morgan fingerprint density at radius 2 is 2.21 bits per heavy atom. The first kappa shape index (κ1) is 10.3. The van der Waals surface area contributed by atoms with E-state index in [0.29, 0.717) is 6.54 Å². The Kier molecular flexibility index (Phi) is 3.73. The monoisotopic (exact) mass is 191 g/mol. The molecule has 0 aliphatic rings. The molecule has 0 atom stereocenters. The van der Waals surface area contributed by atoms with Gasteiger partial charge in [-0.3, -0.25) is 0 Å². The lowest BCUT2D eigenvalue weighted by Crippen LogP contribution is -2.19. The number of hydrogen-bond acceptors (Lipinski definition) is 1. The molecule has 1 aromatic rings. The molecule has 14 heavy (non-hydrogen) atoms. The Bertz CT molecular complexity index is 334. The van der Waals surface area contributed by atoms with Crippen molar-refractivity contribution in [2.45, 2.75) is 13.0 Å². The number of hydrogen-bond donors (Lipinski definition) is 2. The van der Waals surface area contributed by atoms with Gasteiger partial charge in [-0.15, -0.1) is 6.58 Å². The Morgan fingerprint density at radius 3 is 2.86 bits per heavy atom. The second-order valence-electron chi connectivity index (χ2n) is 2.97. The van der Waals surface area contributed by atoms with E-state index in [1.54, 1.807) is 0 Å². The Labute approximate surface area is 83.1 Å². The molecule has 0 aliphatic heterocycles. The second-order valence-corrected chi connectivity index (χ2v) is 2.97. The summed E-state index contributed by atoms with van der Waals surface area (Å²) in [7, 11) is 0. The standard InChI is InChI=1S/C11H13NO2/c1-2-4-9-5-3-6-10(7-9)8-12-11(13)14/h2-3,5-7,12H,1,4,8H2,(H,13,14). The van der Waals surface area contributed by atoms with Crippen molar-refractivity contribution in [3.63, 3.8) is 0 Å². The molecule has 0 radical (unpaired) electrons. The molecule has 0 fully saturated rings. The van der Waals surface area contributed by atoms with Crippen LogP contribution in [0.15, 0.2) is 36.9 Å². The van der Waals surface area contributed by atoms with Gasteiger partial charge in [0.15, 0.2) is 0 Å². The largest absolute Gasteiger partial charge is 0.465 e. The molecular formula is C11H13NO2. The van der Waals surface area contributed by atoms with Crippen LogP contribution in [-0.2, 0) is 13.0 Å². The van der Waals surface area contributed by atoms with E-state index in [0.717, 1.165) is 17.5 Å². The number of benzene rings is 1. The summed E-state index contributed by atoms with van der Waals surface area (Å²) in [5.74, 6) is 0. The van der Waals surface area contributed by atoms with Gasteiger partial charge < -0.3 is 10.4 Å². The van der Waals surface area contributed by atoms with Gasteiger partial charge in [-0.05, 0) is 17.5 Å². The molecule has 0 heterocycles. The highest BCUT2D eigenvalue weighted by molar-refractivity contribution is 5.64. The van der Waals surface area contributed by atoms with E-state index in [2.05, 4.69) is 11.9 Å². The number of allylic oxidation sites excluding steroid dienone is 1. The zero-order chi connectivity index (χ0) is 10.4. The number of nitrogens with one attached hydrogen (secondary N) is 1. The summed E-state index contributed by atoms with van der Waals surface area (Å²) in [6.07, 6.45) is 1.63. The van der Waals surface area contributed by atoms with Gasteiger partial charge >= 0.3 is 6.09 Å². The van der Waals surface area contributed by atoms with Crippen LogP contribution in [0, 0.1) is 0 Å². The van der Waals surface area contributed by atoms with Crippen LogP contribution in [0.2, 0.25) is 0 Å². The Balaban J connectivity index is 2.63. The van der Waals surface area contributed by atoms with Crippen molar-refractivity contribution in [3.05, 3.63) is 48.0 Å². The molecule has 0 saturated carbocycles. The lowest BCUT2D eigenvalue weighted by Gasteiger charge is -2.03. The Hall–Kier alpha value is -1.77. The first-order chi connectivity index (χ1) is 6.72. The fourth-order valence-electron chi connectivity index (χ4n) is 1.21. The normalized spacial score (nSPS) is 9.43. The van der Waals surface area contributed by atoms with E-state index in [9.17, 15) is 4.79 Å². The van der Waals surface area contributed by atoms with Crippen molar-refractivity contribution in [2.75, 3.05) is 0 Å². The average Bonchev–Trinajstić information content (AvgIpc) is 2.16. The van der Waals surface area contributed by atoms with E-state index in [1.165, 1.54) is 0 Å².